The summed E-state index contributed by atoms with van der Waals surface area (Å²) in [6, 6.07) is 28.7. The fraction of sp³-hybridized carbons (Fsp3) is 0.107. The lowest BCUT2D eigenvalue weighted by atomic mass is 10.0. The first-order valence-corrected chi connectivity index (χ1v) is 13.0. The second-order valence-corrected chi connectivity index (χ2v) is 10.5. The van der Waals surface area contributed by atoms with Crippen molar-refractivity contribution < 1.29 is 17.9 Å². The zero-order valence-electron chi connectivity index (χ0n) is 18.7. The highest BCUT2D eigenvalue weighted by Crippen LogP contribution is 2.35. The van der Waals surface area contributed by atoms with Gasteiger partial charge in [-0.3, -0.25) is 4.31 Å². The molecule has 0 saturated heterocycles. The van der Waals surface area contributed by atoms with Crippen molar-refractivity contribution in [1.82, 2.24) is 0 Å². The highest BCUT2D eigenvalue weighted by molar-refractivity contribution is 7.93. The Bertz CT molecular complexity index is 1500. The quantitative estimate of drug-likeness (QED) is 0.243. The van der Waals surface area contributed by atoms with Crippen LogP contribution in [0, 0.1) is 0 Å². The Morgan fingerprint density at radius 3 is 2.43 bits per heavy atom. The average molecular weight is 504 g/mol. The van der Waals surface area contributed by atoms with Gasteiger partial charge in [-0.2, -0.15) is 0 Å². The summed E-state index contributed by atoms with van der Waals surface area (Å²) >= 11 is 6.31. The second kappa shape index (κ2) is 9.56. The molecule has 1 aliphatic rings. The summed E-state index contributed by atoms with van der Waals surface area (Å²) in [5.74, 6) is -0.227. The van der Waals surface area contributed by atoms with E-state index in [1.165, 1.54) is 22.5 Å². The number of para-hydroxylation sites is 2. The van der Waals surface area contributed by atoms with Crippen LogP contribution in [0.4, 0.5) is 5.69 Å². The summed E-state index contributed by atoms with van der Waals surface area (Å²) in [5, 5.41) is 0.0513. The molecule has 4 aromatic carbocycles. The van der Waals surface area contributed by atoms with E-state index in [0.717, 1.165) is 16.7 Å². The Hall–Kier alpha value is -3.61. The Labute approximate surface area is 209 Å². The smallest absolute Gasteiger partial charge is 0.343 e. The lowest BCUT2D eigenvalue weighted by Gasteiger charge is -2.20. The van der Waals surface area contributed by atoms with Gasteiger partial charge < -0.3 is 4.74 Å². The first kappa shape index (κ1) is 23.1. The maximum atomic E-state index is 13.5. The summed E-state index contributed by atoms with van der Waals surface area (Å²) in [6.07, 6.45) is 1.21. The number of hydrogen-bond donors (Lipinski definition) is 0. The molecule has 176 valence electrons. The first-order chi connectivity index (χ1) is 16.9. The van der Waals surface area contributed by atoms with Crippen LogP contribution < -0.4 is 9.04 Å². The Morgan fingerprint density at radius 2 is 1.60 bits per heavy atom. The minimum atomic E-state index is -3.97. The molecule has 0 fully saturated rings. The SMILES string of the molecule is O=C(Oc1ccccc1Cc1ccccc1)c1ccc(Cl)c(S(=O)(=O)N2CCc3ccccc32)c1. The number of anilines is 1. The number of rotatable bonds is 6. The molecule has 35 heavy (non-hydrogen) atoms. The number of fused-ring (bicyclic) bond motifs is 1. The molecule has 0 aliphatic carbocycles. The molecule has 5 nitrogen and oxygen atoms in total. The number of ether oxygens (including phenoxy) is 1. The molecule has 0 amide bonds. The number of sulfonamides is 1. The van der Waals surface area contributed by atoms with Crippen LogP contribution in [0.3, 0.4) is 0 Å². The van der Waals surface area contributed by atoms with E-state index in [1.54, 1.807) is 24.3 Å². The summed E-state index contributed by atoms with van der Waals surface area (Å²) in [5.41, 5.74) is 3.63. The van der Waals surface area contributed by atoms with E-state index in [9.17, 15) is 13.2 Å². The standard InChI is InChI=1S/C28H22ClNO4S/c29-24-15-14-23(19-27(24)35(32,33)30-17-16-21-10-4-6-12-25(21)30)28(31)34-26-13-7-5-11-22(26)18-20-8-2-1-3-9-20/h1-15,19H,16-18H2. The molecule has 0 saturated carbocycles. The molecule has 0 atom stereocenters. The molecule has 1 aliphatic heterocycles. The molecule has 0 radical (unpaired) electrons. The van der Waals surface area contributed by atoms with Crippen LogP contribution in [0.5, 0.6) is 5.75 Å². The van der Waals surface area contributed by atoms with Crippen molar-refractivity contribution in [1.29, 1.82) is 0 Å². The third kappa shape index (κ3) is 4.67. The van der Waals surface area contributed by atoms with Crippen molar-refractivity contribution in [3.63, 3.8) is 0 Å². The molecular weight excluding hydrogens is 482 g/mol. The molecule has 0 spiro atoms. The largest absolute Gasteiger partial charge is 0.423 e. The van der Waals surface area contributed by atoms with Crippen LogP contribution in [0.2, 0.25) is 5.02 Å². The predicted octanol–water partition coefficient (Wildman–Crippen LogP) is 5.90. The molecule has 4 aromatic rings. The topological polar surface area (TPSA) is 63.7 Å². The van der Waals surface area contributed by atoms with Crippen molar-refractivity contribution in [2.75, 3.05) is 10.8 Å². The number of nitrogens with zero attached hydrogens (tertiary/aromatic N) is 1. The van der Waals surface area contributed by atoms with Crippen molar-refractivity contribution >= 4 is 33.3 Å². The van der Waals surface area contributed by atoms with E-state index < -0.39 is 16.0 Å². The monoisotopic (exact) mass is 503 g/mol. The normalized spacial score (nSPS) is 12.9. The van der Waals surface area contributed by atoms with Gasteiger partial charge in [0.15, 0.2) is 0 Å². The number of carbonyl (C=O) groups is 1. The maximum Gasteiger partial charge on any atom is 0.343 e. The second-order valence-electron chi connectivity index (χ2n) is 8.26. The Morgan fingerprint density at radius 1 is 0.886 bits per heavy atom. The van der Waals surface area contributed by atoms with Crippen molar-refractivity contribution in [3.8, 4) is 5.75 Å². The number of halogens is 1. The highest BCUT2D eigenvalue weighted by Gasteiger charge is 2.32. The van der Waals surface area contributed by atoms with Gasteiger partial charge in [-0.15, -0.1) is 0 Å². The fourth-order valence-corrected chi connectivity index (χ4v) is 6.23. The van der Waals surface area contributed by atoms with Crippen LogP contribution in [-0.4, -0.2) is 20.9 Å². The van der Waals surface area contributed by atoms with E-state index in [-0.39, 0.29) is 15.5 Å². The van der Waals surface area contributed by atoms with Crippen molar-refractivity contribution in [2.45, 2.75) is 17.7 Å². The van der Waals surface area contributed by atoms with E-state index in [1.807, 2.05) is 54.6 Å². The zero-order valence-corrected chi connectivity index (χ0v) is 20.3. The van der Waals surface area contributed by atoms with Gasteiger partial charge in [-0.05, 0) is 53.4 Å². The first-order valence-electron chi connectivity index (χ1n) is 11.2. The average Bonchev–Trinajstić information content (AvgIpc) is 3.31. The zero-order chi connectivity index (χ0) is 24.4. The van der Waals surface area contributed by atoms with Crippen LogP contribution in [0.1, 0.15) is 27.0 Å². The Balaban J connectivity index is 1.43. The van der Waals surface area contributed by atoms with Crippen LogP contribution in [-0.2, 0) is 22.9 Å². The fourth-order valence-electron chi connectivity index (χ4n) is 4.23. The molecule has 5 rings (SSSR count). The third-order valence-corrected chi connectivity index (χ3v) is 8.29. The van der Waals surface area contributed by atoms with E-state index in [2.05, 4.69) is 0 Å². The molecule has 0 bridgehead atoms. The predicted molar refractivity (Wildman–Crippen MR) is 137 cm³/mol. The van der Waals surface area contributed by atoms with Gasteiger partial charge in [-0.1, -0.05) is 78.3 Å². The summed E-state index contributed by atoms with van der Waals surface area (Å²) < 4.78 is 34.0. The highest BCUT2D eigenvalue weighted by atomic mass is 35.5. The minimum Gasteiger partial charge on any atom is -0.423 e. The summed E-state index contributed by atoms with van der Waals surface area (Å²) in [6.45, 7) is 0.319. The lowest BCUT2D eigenvalue weighted by molar-refractivity contribution is 0.0733. The van der Waals surface area contributed by atoms with Gasteiger partial charge in [0.1, 0.15) is 10.6 Å². The minimum absolute atomic E-state index is 0.0513. The molecule has 0 unspecified atom stereocenters. The molecular formula is C28H22ClNO4S. The molecule has 0 N–H and O–H groups in total. The van der Waals surface area contributed by atoms with E-state index >= 15 is 0 Å². The van der Waals surface area contributed by atoms with Gasteiger partial charge in [-0.25, -0.2) is 13.2 Å². The summed E-state index contributed by atoms with van der Waals surface area (Å²) in [4.78, 5) is 12.9. The van der Waals surface area contributed by atoms with Gasteiger partial charge in [0.2, 0.25) is 0 Å². The number of carbonyl (C=O) groups excluding carboxylic acids is 1. The summed E-state index contributed by atoms with van der Waals surface area (Å²) in [7, 11) is -3.97. The van der Waals surface area contributed by atoms with Gasteiger partial charge >= 0.3 is 5.97 Å². The van der Waals surface area contributed by atoms with Crippen LogP contribution >= 0.6 is 11.6 Å². The molecule has 1 heterocycles. The number of esters is 1. The lowest BCUT2D eigenvalue weighted by Crippen LogP contribution is -2.29. The number of benzene rings is 4. The Kier molecular flexibility index (Phi) is 6.32. The van der Waals surface area contributed by atoms with Crippen LogP contribution in [0.15, 0.2) is 102 Å². The maximum absolute atomic E-state index is 13.5. The van der Waals surface area contributed by atoms with E-state index in [4.69, 9.17) is 16.3 Å². The molecule has 7 heteroatoms. The third-order valence-electron chi connectivity index (χ3n) is 5.99. The van der Waals surface area contributed by atoms with Crippen molar-refractivity contribution in [2.24, 2.45) is 0 Å². The van der Waals surface area contributed by atoms with Gasteiger partial charge in [0.25, 0.3) is 10.0 Å². The van der Waals surface area contributed by atoms with E-state index in [0.29, 0.717) is 30.8 Å². The van der Waals surface area contributed by atoms with Gasteiger partial charge in [0, 0.05) is 13.0 Å². The number of hydrogen-bond acceptors (Lipinski definition) is 4. The van der Waals surface area contributed by atoms with Crippen molar-refractivity contribution in [3.05, 3.63) is 124 Å². The van der Waals surface area contributed by atoms with Crippen LogP contribution in [0.25, 0.3) is 0 Å². The van der Waals surface area contributed by atoms with Gasteiger partial charge in [0.05, 0.1) is 16.3 Å². The molecule has 0 aromatic heterocycles.